The zero-order valence-electron chi connectivity index (χ0n) is 19.3. The van der Waals surface area contributed by atoms with Gasteiger partial charge >= 0.3 is 18.1 Å². The minimum Gasteiger partial charge on any atom is -0.478 e. The smallest absolute Gasteiger partial charge is 0.390 e. The lowest BCUT2D eigenvalue weighted by Gasteiger charge is -2.15. The first-order chi connectivity index (χ1) is 17.0. The number of halogens is 3. The second kappa shape index (κ2) is 9.37. The molecule has 0 bridgehead atoms. The summed E-state index contributed by atoms with van der Waals surface area (Å²) >= 11 is 0. The lowest BCUT2D eigenvalue weighted by molar-refractivity contribution is -0.131. The maximum absolute atomic E-state index is 12.8. The van der Waals surface area contributed by atoms with Crippen LogP contribution in [0.4, 0.5) is 18.9 Å². The summed E-state index contributed by atoms with van der Waals surface area (Å²) in [7, 11) is 0. The number of nitrogens with zero attached hydrogens (tertiary/aromatic N) is 2. The standard InChI is InChI=1S/C26H22F3N3O4/c1-14-17(5-3-7-19(14)24(33)34)16-11-21(30-10-9-26(27,28)29)23-31-12-22(32(23)13-16)18-6-4-8-20(15(18)2)25(35)36/h3-8,11-13,30H,9-10H2,1-2H3,(H,33,34)(H,35,36). The summed E-state index contributed by atoms with van der Waals surface area (Å²) in [5.41, 5.74) is 4.19. The molecule has 0 spiro atoms. The molecule has 36 heavy (non-hydrogen) atoms. The molecular weight excluding hydrogens is 475 g/mol. The quantitative estimate of drug-likeness (QED) is 0.287. The Hall–Kier alpha value is -4.34. The Bertz CT molecular complexity index is 1490. The maximum Gasteiger partial charge on any atom is 0.390 e. The highest BCUT2D eigenvalue weighted by atomic mass is 19.4. The van der Waals surface area contributed by atoms with Crippen LogP contribution in [-0.4, -0.2) is 44.3 Å². The number of benzene rings is 2. The Labute approximate surface area is 203 Å². The number of aromatic carboxylic acids is 2. The van der Waals surface area contributed by atoms with Crippen molar-refractivity contribution in [2.24, 2.45) is 0 Å². The van der Waals surface area contributed by atoms with Crippen molar-refractivity contribution in [2.75, 3.05) is 11.9 Å². The van der Waals surface area contributed by atoms with E-state index in [2.05, 4.69) is 10.3 Å². The molecule has 0 atom stereocenters. The molecule has 0 saturated carbocycles. The predicted molar refractivity (Wildman–Crippen MR) is 129 cm³/mol. The van der Waals surface area contributed by atoms with Crippen LogP contribution in [0.3, 0.4) is 0 Å². The van der Waals surface area contributed by atoms with E-state index < -0.39 is 24.5 Å². The number of fused-ring (bicyclic) bond motifs is 1. The number of rotatable bonds is 7. The zero-order valence-corrected chi connectivity index (χ0v) is 19.3. The molecule has 3 N–H and O–H groups in total. The Morgan fingerprint density at radius 3 is 2.14 bits per heavy atom. The molecule has 2 aromatic carbocycles. The van der Waals surface area contributed by atoms with Gasteiger partial charge in [-0.1, -0.05) is 24.3 Å². The molecule has 2 aromatic heterocycles. The molecule has 0 aliphatic rings. The Morgan fingerprint density at radius 2 is 1.56 bits per heavy atom. The fourth-order valence-corrected chi connectivity index (χ4v) is 4.23. The molecule has 0 saturated heterocycles. The number of carboxylic acid groups (broad SMARTS) is 2. The molecule has 7 nitrogen and oxygen atoms in total. The van der Waals surface area contributed by atoms with Crippen LogP contribution in [0.1, 0.15) is 38.3 Å². The van der Waals surface area contributed by atoms with Crippen molar-refractivity contribution in [1.29, 1.82) is 0 Å². The van der Waals surface area contributed by atoms with Gasteiger partial charge in [0, 0.05) is 23.9 Å². The average molecular weight is 497 g/mol. The molecule has 0 radical (unpaired) electrons. The number of aromatic nitrogens is 2. The SMILES string of the molecule is Cc1c(C(=O)O)cccc1-c1cc(NCCC(F)(F)F)c2ncc(-c3cccc(C(=O)O)c3C)n2c1. The first-order valence-electron chi connectivity index (χ1n) is 11.0. The second-order valence-electron chi connectivity index (χ2n) is 8.34. The van der Waals surface area contributed by atoms with Gasteiger partial charge in [-0.2, -0.15) is 13.2 Å². The van der Waals surface area contributed by atoms with Gasteiger partial charge in [-0.3, -0.25) is 4.40 Å². The Balaban J connectivity index is 1.94. The molecule has 0 aliphatic heterocycles. The lowest BCUT2D eigenvalue weighted by atomic mass is 9.97. The highest BCUT2D eigenvalue weighted by Crippen LogP contribution is 2.34. The van der Waals surface area contributed by atoms with E-state index >= 15 is 0 Å². The van der Waals surface area contributed by atoms with Gasteiger partial charge in [-0.05, 0) is 48.7 Å². The minimum absolute atomic E-state index is 0.107. The van der Waals surface area contributed by atoms with E-state index in [1.54, 1.807) is 54.8 Å². The highest BCUT2D eigenvalue weighted by Gasteiger charge is 2.26. The average Bonchev–Trinajstić information content (AvgIpc) is 3.22. The first-order valence-corrected chi connectivity index (χ1v) is 11.0. The molecule has 4 aromatic rings. The minimum atomic E-state index is -4.34. The van der Waals surface area contributed by atoms with Crippen LogP contribution < -0.4 is 5.32 Å². The molecular formula is C26H22F3N3O4. The second-order valence-corrected chi connectivity index (χ2v) is 8.34. The van der Waals surface area contributed by atoms with Gasteiger partial charge in [0.15, 0.2) is 5.65 Å². The van der Waals surface area contributed by atoms with Crippen molar-refractivity contribution < 1.29 is 33.0 Å². The van der Waals surface area contributed by atoms with Gasteiger partial charge in [0.05, 0.1) is 35.1 Å². The van der Waals surface area contributed by atoms with Crippen LogP contribution in [-0.2, 0) is 0 Å². The number of pyridine rings is 1. The van der Waals surface area contributed by atoms with Gasteiger partial charge in [-0.15, -0.1) is 0 Å². The van der Waals surface area contributed by atoms with Crippen molar-refractivity contribution in [3.05, 3.63) is 77.1 Å². The highest BCUT2D eigenvalue weighted by molar-refractivity contribution is 5.93. The van der Waals surface area contributed by atoms with Crippen LogP contribution in [0.2, 0.25) is 0 Å². The summed E-state index contributed by atoms with van der Waals surface area (Å²) in [6.45, 7) is 2.95. The number of carboxylic acids is 2. The van der Waals surface area contributed by atoms with Gasteiger partial charge in [0.1, 0.15) is 0 Å². The van der Waals surface area contributed by atoms with Crippen LogP contribution >= 0.6 is 0 Å². The van der Waals surface area contributed by atoms with E-state index in [-0.39, 0.29) is 17.7 Å². The van der Waals surface area contributed by atoms with Gasteiger partial charge in [-0.25, -0.2) is 14.6 Å². The zero-order chi connectivity index (χ0) is 26.2. The first kappa shape index (κ1) is 24.8. The number of hydrogen-bond donors (Lipinski definition) is 3. The van der Waals surface area contributed by atoms with Gasteiger partial charge in [0.2, 0.25) is 0 Å². The van der Waals surface area contributed by atoms with Crippen molar-refractivity contribution in [2.45, 2.75) is 26.4 Å². The summed E-state index contributed by atoms with van der Waals surface area (Å²) in [4.78, 5) is 27.7. The third-order valence-electron chi connectivity index (χ3n) is 6.05. The summed E-state index contributed by atoms with van der Waals surface area (Å²) < 4.78 is 40.1. The largest absolute Gasteiger partial charge is 0.478 e. The Morgan fingerprint density at radius 1 is 0.972 bits per heavy atom. The summed E-state index contributed by atoms with van der Waals surface area (Å²) in [5.74, 6) is -2.18. The number of anilines is 1. The number of alkyl halides is 3. The third-order valence-corrected chi connectivity index (χ3v) is 6.05. The van der Waals surface area contributed by atoms with E-state index in [4.69, 9.17) is 0 Å². The van der Waals surface area contributed by atoms with E-state index in [0.29, 0.717) is 44.8 Å². The van der Waals surface area contributed by atoms with Crippen LogP contribution in [0.15, 0.2) is 54.9 Å². The van der Waals surface area contributed by atoms with E-state index in [1.165, 1.54) is 18.3 Å². The summed E-state index contributed by atoms with van der Waals surface area (Å²) in [5, 5.41) is 21.9. The van der Waals surface area contributed by atoms with Gasteiger partial charge < -0.3 is 15.5 Å². The van der Waals surface area contributed by atoms with Crippen LogP contribution in [0, 0.1) is 13.8 Å². The third kappa shape index (κ3) is 4.74. The Kier molecular flexibility index (Phi) is 6.45. The van der Waals surface area contributed by atoms with E-state index in [1.807, 2.05) is 0 Å². The van der Waals surface area contributed by atoms with Crippen LogP contribution in [0.5, 0.6) is 0 Å². The molecule has 4 rings (SSSR count). The molecule has 186 valence electrons. The predicted octanol–water partition coefficient (Wildman–Crippen LogP) is 6.05. The molecule has 10 heteroatoms. The lowest BCUT2D eigenvalue weighted by Crippen LogP contribution is -2.15. The summed E-state index contributed by atoms with van der Waals surface area (Å²) in [6.07, 6.45) is -2.15. The number of imidazole rings is 1. The number of carbonyl (C=O) groups is 2. The molecule has 0 amide bonds. The van der Waals surface area contributed by atoms with Crippen molar-refractivity contribution >= 4 is 23.3 Å². The maximum atomic E-state index is 12.8. The van der Waals surface area contributed by atoms with E-state index in [9.17, 15) is 33.0 Å². The number of hydrogen-bond acceptors (Lipinski definition) is 4. The number of nitrogens with one attached hydrogen (secondary N) is 1. The van der Waals surface area contributed by atoms with Crippen molar-refractivity contribution in [1.82, 2.24) is 9.38 Å². The molecule has 0 aliphatic carbocycles. The van der Waals surface area contributed by atoms with Crippen molar-refractivity contribution in [3.8, 4) is 22.4 Å². The molecule has 0 unspecified atom stereocenters. The van der Waals surface area contributed by atoms with Gasteiger partial charge in [0.25, 0.3) is 0 Å². The fraction of sp³-hybridized carbons (Fsp3) is 0.192. The molecule has 2 heterocycles. The van der Waals surface area contributed by atoms with Crippen LogP contribution in [0.25, 0.3) is 28.0 Å². The fourth-order valence-electron chi connectivity index (χ4n) is 4.23. The normalized spacial score (nSPS) is 11.6. The molecule has 0 fully saturated rings. The monoisotopic (exact) mass is 497 g/mol. The van der Waals surface area contributed by atoms with Crippen molar-refractivity contribution in [3.63, 3.8) is 0 Å². The van der Waals surface area contributed by atoms with E-state index in [0.717, 1.165) is 0 Å². The topological polar surface area (TPSA) is 104 Å². The summed E-state index contributed by atoms with van der Waals surface area (Å²) in [6, 6.07) is 11.3.